The van der Waals surface area contributed by atoms with Gasteiger partial charge in [-0.3, -0.25) is 0 Å². The van der Waals surface area contributed by atoms with Crippen molar-refractivity contribution in [3.63, 3.8) is 0 Å². The number of nitrogens with one attached hydrogen (secondary N) is 1. The molecule has 0 aromatic heterocycles. The van der Waals surface area contributed by atoms with Gasteiger partial charge in [-0.2, -0.15) is 0 Å². The van der Waals surface area contributed by atoms with Crippen LogP contribution in [0.4, 0.5) is 0 Å². The summed E-state index contributed by atoms with van der Waals surface area (Å²) in [4.78, 5) is 0. The van der Waals surface area contributed by atoms with E-state index < -0.39 is 0 Å². The van der Waals surface area contributed by atoms with Crippen LogP contribution in [0.15, 0.2) is 0 Å². The van der Waals surface area contributed by atoms with Crippen LogP contribution in [0, 0.1) is 23.7 Å². The average molecular weight is 207 g/mol. The summed E-state index contributed by atoms with van der Waals surface area (Å²) < 4.78 is 0. The van der Waals surface area contributed by atoms with E-state index in [1.165, 1.54) is 25.7 Å². The summed E-state index contributed by atoms with van der Waals surface area (Å²) in [5.74, 6) is 3.56. The van der Waals surface area contributed by atoms with Gasteiger partial charge in [-0.05, 0) is 44.1 Å². The van der Waals surface area contributed by atoms with Crippen LogP contribution in [0.1, 0.15) is 52.4 Å². The van der Waals surface area contributed by atoms with Gasteiger partial charge in [0.1, 0.15) is 0 Å². The van der Waals surface area contributed by atoms with Crippen LogP contribution in [0.3, 0.4) is 0 Å². The maximum absolute atomic E-state index is 5.29. The molecule has 86 valence electrons. The Balaban J connectivity index is 2.47. The van der Waals surface area contributed by atoms with Crippen molar-refractivity contribution in [2.45, 2.75) is 58.4 Å². The minimum Gasteiger partial charge on any atom is -0.317 e. The molecule has 0 amide bonds. The molecule has 0 spiro atoms. The Labute approximate surface area is 95.0 Å². The molecule has 0 aromatic rings. The Kier molecular flexibility index (Phi) is 4.67. The molecule has 0 aromatic carbocycles. The second-order valence-electron chi connectivity index (χ2n) is 5.48. The van der Waals surface area contributed by atoms with Gasteiger partial charge in [0.25, 0.3) is 0 Å². The third-order valence-electron chi connectivity index (χ3n) is 4.03. The molecule has 1 N–H and O–H groups in total. The van der Waals surface area contributed by atoms with Crippen molar-refractivity contribution in [2.24, 2.45) is 11.3 Å². The lowest BCUT2D eigenvalue weighted by atomic mass is 9.76. The van der Waals surface area contributed by atoms with Crippen LogP contribution in [-0.4, -0.2) is 13.1 Å². The van der Waals surface area contributed by atoms with Crippen molar-refractivity contribution in [1.29, 1.82) is 0 Å². The van der Waals surface area contributed by atoms with Crippen molar-refractivity contribution in [1.82, 2.24) is 5.32 Å². The monoisotopic (exact) mass is 207 g/mol. The van der Waals surface area contributed by atoms with E-state index in [0.29, 0.717) is 11.5 Å². The van der Waals surface area contributed by atoms with E-state index in [2.05, 4.69) is 32.1 Å². The fraction of sp³-hybridized carbons (Fsp3) is 0.857. The lowest BCUT2D eigenvalue weighted by molar-refractivity contribution is 0.194. The Morgan fingerprint density at radius 2 is 2.27 bits per heavy atom. The summed E-state index contributed by atoms with van der Waals surface area (Å²) in [6.45, 7) is 4.83. The maximum atomic E-state index is 5.29. The standard InChI is InChI=1S/C14H25N/c1-5-6-7-10-13(15-4)12-9-8-11-14(12,2)3/h1,12-13,15H,6-11H2,2-4H3. The molecule has 1 heteroatoms. The molecular weight excluding hydrogens is 182 g/mol. The number of rotatable bonds is 5. The van der Waals surface area contributed by atoms with Gasteiger partial charge in [0.2, 0.25) is 0 Å². The molecule has 1 rings (SSSR count). The summed E-state index contributed by atoms with van der Waals surface area (Å²) in [5, 5.41) is 3.49. The predicted molar refractivity (Wildman–Crippen MR) is 66.7 cm³/mol. The molecule has 1 aliphatic rings. The SMILES string of the molecule is C#CCCCC(NC)C1CCCC1(C)C. The molecule has 0 bridgehead atoms. The molecular formula is C14H25N. The zero-order valence-corrected chi connectivity index (χ0v) is 10.5. The molecule has 0 aliphatic heterocycles. The van der Waals surface area contributed by atoms with Crippen molar-refractivity contribution in [2.75, 3.05) is 7.05 Å². The molecule has 2 unspecified atom stereocenters. The van der Waals surface area contributed by atoms with Crippen molar-refractivity contribution < 1.29 is 0 Å². The van der Waals surface area contributed by atoms with Crippen LogP contribution in [0.5, 0.6) is 0 Å². The normalized spacial score (nSPS) is 26.1. The highest BCUT2D eigenvalue weighted by atomic mass is 14.9. The Morgan fingerprint density at radius 3 is 2.73 bits per heavy atom. The summed E-state index contributed by atoms with van der Waals surface area (Å²) in [5.41, 5.74) is 0.518. The van der Waals surface area contributed by atoms with Gasteiger partial charge in [-0.15, -0.1) is 12.3 Å². The van der Waals surface area contributed by atoms with E-state index in [-0.39, 0.29) is 0 Å². The van der Waals surface area contributed by atoms with Gasteiger partial charge in [-0.25, -0.2) is 0 Å². The first-order valence-electron chi connectivity index (χ1n) is 6.22. The highest BCUT2D eigenvalue weighted by Gasteiger charge is 2.38. The van der Waals surface area contributed by atoms with Crippen molar-refractivity contribution in [3.05, 3.63) is 0 Å². The second kappa shape index (κ2) is 5.56. The topological polar surface area (TPSA) is 12.0 Å². The van der Waals surface area contributed by atoms with Crippen LogP contribution in [-0.2, 0) is 0 Å². The van der Waals surface area contributed by atoms with E-state index >= 15 is 0 Å². The van der Waals surface area contributed by atoms with Gasteiger partial charge < -0.3 is 5.32 Å². The first kappa shape index (κ1) is 12.6. The Bertz CT molecular complexity index is 224. The van der Waals surface area contributed by atoms with Crippen LogP contribution in [0.25, 0.3) is 0 Å². The number of hydrogen-bond acceptors (Lipinski definition) is 1. The molecule has 1 saturated carbocycles. The zero-order chi connectivity index (χ0) is 11.3. The van der Waals surface area contributed by atoms with Gasteiger partial charge in [0, 0.05) is 12.5 Å². The van der Waals surface area contributed by atoms with Crippen LogP contribution >= 0.6 is 0 Å². The Morgan fingerprint density at radius 1 is 1.53 bits per heavy atom. The van der Waals surface area contributed by atoms with Crippen molar-refractivity contribution in [3.8, 4) is 12.3 Å². The number of hydrogen-bond donors (Lipinski definition) is 1. The van der Waals surface area contributed by atoms with Crippen LogP contribution in [0.2, 0.25) is 0 Å². The highest BCUT2D eigenvalue weighted by molar-refractivity contribution is 4.92. The summed E-state index contributed by atoms with van der Waals surface area (Å²) >= 11 is 0. The quantitative estimate of drug-likeness (QED) is 0.539. The molecule has 1 fully saturated rings. The molecule has 0 saturated heterocycles. The third kappa shape index (κ3) is 3.24. The predicted octanol–water partition coefficient (Wildman–Crippen LogP) is 3.20. The minimum atomic E-state index is 0.518. The van der Waals surface area contributed by atoms with Crippen LogP contribution < -0.4 is 5.32 Å². The largest absolute Gasteiger partial charge is 0.317 e. The average Bonchev–Trinajstić information content (AvgIpc) is 2.53. The fourth-order valence-corrected chi connectivity index (χ4v) is 3.07. The van der Waals surface area contributed by atoms with E-state index in [4.69, 9.17) is 6.42 Å². The molecule has 1 nitrogen and oxygen atoms in total. The molecule has 0 radical (unpaired) electrons. The van der Waals surface area contributed by atoms with E-state index in [1.807, 2.05) is 0 Å². The van der Waals surface area contributed by atoms with E-state index in [0.717, 1.165) is 18.8 Å². The van der Waals surface area contributed by atoms with Crippen molar-refractivity contribution >= 4 is 0 Å². The molecule has 0 heterocycles. The third-order valence-corrected chi connectivity index (χ3v) is 4.03. The summed E-state index contributed by atoms with van der Waals surface area (Å²) in [7, 11) is 2.09. The first-order chi connectivity index (χ1) is 7.11. The minimum absolute atomic E-state index is 0.518. The van der Waals surface area contributed by atoms with Gasteiger partial charge in [-0.1, -0.05) is 20.3 Å². The van der Waals surface area contributed by atoms with E-state index in [9.17, 15) is 0 Å². The lowest BCUT2D eigenvalue weighted by Crippen LogP contribution is -2.38. The summed E-state index contributed by atoms with van der Waals surface area (Å²) in [6, 6.07) is 0.663. The van der Waals surface area contributed by atoms with Gasteiger partial charge in [0.15, 0.2) is 0 Å². The summed E-state index contributed by atoms with van der Waals surface area (Å²) in [6.07, 6.45) is 12.8. The molecule has 15 heavy (non-hydrogen) atoms. The second-order valence-corrected chi connectivity index (χ2v) is 5.48. The molecule has 2 atom stereocenters. The zero-order valence-electron chi connectivity index (χ0n) is 10.5. The fourth-order valence-electron chi connectivity index (χ4n) is 3.07. The molecule has 1 aliphatic carbocycles. The van der Waals surface area contributed by atoms with Gasteiger partial charge in [0.05, 0.1) is 0 Å². The number of terminal acetylenes is 1. The first-order valence-corrected chi connectivity index (χ1v) is 6.22. The van der Waals surface area contributed by atoms with E-state index in [1.54, 1.807) is 0 Å². The van der Waals surface area contributed by atoms with Gasteiger partial charge >= 0.3 is 0 Å². The lowest BCUT2D eigenvalue weighted by Gasteiger charge is -2.34. The Hall–Kier alpha value is -0.480. The maximum Gasteiger partial charge on any atom is 0.00977 e. The highest BCUT2D eigenvalue weighted by Crippen LogP contribution is 2.45. The smallest absolute Gasteiger partial charge is 0.00977 e. The number of unbranched alkanes of at least 4 members (excludes halogenated alkanes) is 1.